The van der Waals surface area contributed by atoms with Crippen LogP contribution in [0, 0.1) is 0 Å². The molecule has 0 saturated carbocycles. The Bertz CT molecular complexity index is 650. The molecule has 0 saturated heterocycles. The zero-order valence-corrected chi connectivity index (χ0v) is 12.2. The zero-order valence-electron chi connectivity index (χ0n) is 10.6. The Morgan fingerprint density at radius 3 is 2.67 bits per heavy atom. The number of carbonyl (C=O) groups excluding carboxylic acids is 1. The molecule has 1 amide bonds. The summed E-state index contributed by atoms with van der Waals surface area (Å²) < 4.78 is 40.1. The molecule has 0 bridgehead atoms. The van der Waals surface area contributed by atoms with Gasteiger partial charge in [-0.3, -0.25) is 4.79 Å². The first-order valence-corrected chi connectivity index (χ1v) is 6.69. The van der Waals surface area contributed by atoms with Crippen LogP contribution in [0.5, 0.6) is 0 Å². The molecule has 1 aromatic carbocycles. The highest BCUT2D eigenvalue weighted by molar-refractivity contribution is 9.10. The minimum atomic E-state index is -3.74. The average molecular weight is 359 g/mol. The van der Waals surface area contributed by atoms with Crippen molar-refractivity contribution >= 4 is 27.7 Å². The fraction of sp³-hybridized carbons (Fsp3) is 0.143. The number of benzene rings is 1. The van der Waals surface area contributed by atoms with Gasteiger partial charge in [-0.25, -0.2) is 9.37 Å². The molecule has 3 nitrogen and oxygen atoms in total. The van der Waals surface area contributed by atoms with Crippen molar-refractivity contribution < 1.29 is 18.0 Å². The molecule has 1 aromatic heterocycles. The van der Waals surface area contributed by atoms with Crippen molar-refractivity contribution in [3.63, 3.8) is 0 Å². The van der Waals surface area contributed by atoms with Crippen LogP contribution in [0.1, 0.15) is 15.9 Å². The number of anilines is 1. The Balaban J connectivity index is 2.37. The molecule has 2 aromatic rings. The van der Waals surface area contributed by atoms with Crippen LogP contribution in [0.4, 0.5) is 19.0 Å². The van der Waals surface area contributed by atoms with Crippen molar-refractivity contribution in [3.05, 3.63) is 58.2 Å². The third-order valence-electron chi connectivity index (χ3n) is 2.69. The molecule has 0 fully saturated rings. The van der Waals surface area contributed by atoms with Crippen molar-refractivity contribution in [2.45, 2.75) is 5.92 Å². The van der Waals surface area contributed by atoms with Gasteiger partial charge < -0.3 is 5.32 Å². The summed E-state index contributed by atoms with van der Waals surface area (Å²) >= 11 is 3.03. The maximum absolute atomic E-state index is 13.6. The number of hydrogen-bond donors (Lipinski definition) is 1. The van der Waals surface area contributed by atoms with E-state index in [1.807, 2.05) is 0 Å². The Morgan fingerprint density at radius 1 is 1.29 bits per heavy atom. The van der Waals surface area contributed by atoms with E-state index < -0.39 is 24.1 Å². The van der Waals surface area contributed by atoms with E-state index in [1.54, 1.807) is 12.1 Å². The summed E-state index contributed by atoms with van der Waals surface area (Å²) in [5.41, 5.74) is -0.973. The summed E-state index contributed by atoms with van der Waals surface area (Å²) in [6.07, 6.45) is 1.45. The average Bonchev–Trinajstić information content (AvgIpc) is 2.48. The van der Waals surface area contributed by atoms with Crippen molar-refractivity contribution in [1.29, 1.82) is 0 Å². The molecule has 110 valence electrons. The first-order chi connectivity index (χ1) is 9.94. The molecule has 0 spiro atoms. The summed E-state index contributed by atoms with van der Waals surface area (Å²) in [5, 5.41) is 2.39. The molecule has 0 unspecified atom stereocenters. The number of carbonyl (C=O) groups is 1. The van der Waals surface area contributed by atoms with E-state index in [9.17, 15) is 18.0 Å². The predicted octanol–water partition coefficient (Wildman–Crippen LogP) is 4.16. The van der Waals surface area contributed by atoms with Gasteiger partial charge in [-0.2, -0.15) is 8.78 Å². The quantitative estimate of drug-likeness (QED) is 0.891. The van der Waals surface area contributed by atoms with E-state index >= 15 is 0 Å². The van der Waals surface area contributed by atoms with E-state index in [4.69, 9.17) is 0 Å². The van der Waals surface area contributed by atoms with Crippen LogP contribution in [0.3, 0.4) is 0 Å². The summed E-state index contributed by atoms with van der Waals surface area (Å²) in [6, 6.07) is 8.49. The lowest BCUT2D eigenvalue weighted by Crippen LogP contribution is -2.23. The third-order valence-corrected chi connectivity index (χ3v) is 3.19. The molecule has 0 aliphatic heterocycles. The molecule has 1 heterocycles. The van der Waals surface area contributed by atoms with E-state index in [0.29, 0.717) is 4.47 Å². The number of alkyl halides is 3. The lowest BCUT2D eigenvalue weighted by atomic mass is 10.0. The van der Waals surface area contributed by atoms with Crippen LogP contribution in [0.2, 0.25) is 0 Å². The minimum absolute atomic E-state index is 0.222. The predicted molar refractivity (Wildman–Crippen MR) is 76.2 cm³/mol. The standard InChI is InChI=1S/C14H10BrF3N2O/c15-9-4-5-10(11(7-9)14(17,18)8-16)13(21)20-12-3-1-2-6-19-12/h1-7H,8H2,(H,19,20,21). The molecule has 0 radical (unpaired) electrons. The largest absolute Gasteiger partial charge is 0.307 e. The lowest BCUT2D eigenvalue weighted by molar-refractivity contribution is -0.0286. The highest BCUT2D eigenvalue weighted by atomic mass is 79.9. The van der Waals surface area contributed by atoms with Crippen molar-refractivity contribution in [1.82, 2.24) is 4.98 Å². The second kappa shape index (κ2) is 6.26. The fourth-order valence-corrected chi connectivity index (χ4v) is 2.07. The summed E-state index contributed by atoms with van der Waals surface area (Å²) in [5.74, 6) is -4.29. The number of rotatable bonds is 4. The number of hydrogen-bond acceptors (Lipinski definition) is 2. The summed E-state index contributed by atoms with van der Waals surface area (Å²) in [7, 11) is 0. The molecule has 2 rings (SSSR count). The monoisotopic (exact) mass is 358 g/mol. The van der Waals surface area contributed by atoms with E-state index in [-0.39, 0.29) is 11.4 Å². The molecule has 0 aliphatic carbocycles. The SMILES string of the molecule is O=C(Nc1ccccn1)c1ccc(Br)cc1C(F)(F)CF. The van der Waals surface area contributed by atoms with E-state index in [1.165, 1.54) is 24.4 Å². The van der Waals surface area contributed by atoms with Gasteiger partial charge in [0.2, 0.25) is 0 Å². The topological polar surface area (TPSA) is 42.0 Å². The normalized spacial score (nSPS) is 11.2. The number of pyridine rings is 1. The van der Waals surface area contributed by atoms with Crippen molar-refractivity contribution in [3.8, 4) is 0 Å². The van der Waals surface area contributed by atoms with Gasteiger partial charge >= 0.3 is 5.92 Å². The number of nitrogens with zero attached hydrogens (tertiary/aromatic N) is 1. The maximum Gasteiger partial charge on any atom is 0.301 e. The van der Waals surface area contributed by atoms with Gasteiger partial charge in [-0.15, -0.1) is 0 Å². The molecule has 7 heteroatoms. The number of aromatic nitrogens is 1. The Kier molecular flexibility index (Phi) is 4.62. The molecule has 0 aliphatic rings. The molecule has 0 atom stereocenters. The van der Waals surface area contributed by atoms with Gasteiger partial charge in [0.15, 0.2) is 6.67 Å². The Labute approximate surface area is 127 Å². The van der Waals surface area contributed by atoms with E-state index in [0.717, 1.165) is 6.07 Å². The van der Waals surface area contributed by atoms with Gasteiger partial charge in [-0.1, -0.05) is 22.0 Å². The number of halogens is 4. The van der Waals surface area contributed by atoms with Crippen molar-refractivity contribution in [2.24, 2.45) is 0 Å². The van der Waals surface area contributed by atoms with Crippen LogP contribution in [0.25, 0.3) is 0 Å². The second-order valence-electron chi connectivity index (χ2n) is 4.20. The summed E-state index contributed by atoms with van der Waals surface area (Å²) in [6.45, 7) is -1.88. The summed E-state index contributed by atoms with van der Waals surface area (Å²) in [4.78, 5) is 16.0. The van der Waals surface area contributed by atoms with Gasteiger partial charge in [-0.05, 0) is 30.3 Å². The third kappa shape index (κ3) is 3.60. The Hall–Kier alpha value is -1.89. The van der Waals surface area contributed by atoms with Gasteiger partial charge in [0.25, 0.3) is 5.91 Å². The molecule has 21 heavy (non-hydrogen) atoms. The molecular formula is C14H10BrF3N2O. The lowest BCUT2D eigenvalue weighted by Gasteiger charge is -2.17. The fourth-order valence-electron chi connectivity index (χ4n) is 1.71. The second-order valence-corrected chi connectivity index (χ2v) is 5.11. The van der Waals surface area contributed by atoms with Crippen LogP contribution < -0.4 is 5.32 Å². The highest BCUT2D eigenvalue weighted by Gasteiger charge is 2.36. The molecule has 1 N–H and O–H groups in total. The smallest absolute Gasteiger partial charge is 0.301 e. The highest BCUT2D eigenvalue weighted by Crippen LogP contribution is 2.33. The van der Waals surface area contributed by atoms with Gasteiger partial charge in [0.1, 0.15) is 5.82 Å². The zero-order chi connectivity index (χ0) is 15.5. The maximum atomic E-state index is 13.6. The first-order valence-electron chi connectivity index (χ1n) is 5.90. The Morgan fingerprint density at radius 2 is 2.05 bits per heavy atom. The van der Waals surface area contributed by atoms with Crippen LogP contribution in [0.15, 0.2) is 47.1 Å². The molecular weight excluding hydrogens is 349 g/mol. The van der Waals surface area contributed by atoms with Gasteiger partial charge in [0, 0.05) is 21.8 Å². The number of nitrogens with one attached hydrogen (secondary N) is 1. The minimum Gasteiger partial charge on any atom is -0.307 e. The van der Waals surface area contributed by atoms with Gasteiger partial charge in [0.05, 0.1) is 0 Å². The number of amides is 1. The van der Waals surface area contributed by atoms with Crippen LogP contribution >= 0.6 is 15.9 Å². The van der Waals surface area contributed by atoms with Crippen molar-refractivity contribution in [2.75, 3.05) is 12.0 Å². The van der Waals surface area contributed by atoms with Crippen LogP contribution in [-0.2, 0) is 5.92 Å². The first kappa shape index (κ1) is 15.5. The van der Waals surface area contributed by atoms with E-state index in [2.05, 4.69) is 26.2 Å². The van der Waals surface area contributed by atoms with Crippen LogP contribution in [-0.4, -0.2) is 17.6 Å².